The summed E-state index contributed by atoms with van der Waals surface area (Å²) in [6.07, 6.45) is 0.146. The highest BCUT2D eigenvalue weighted by molar-refractivity contribution is 5.67. The second-order valence-electron chi connectivity index (χ2n) is 3.37. The average Bonchev–Trinajstić information content (AvgIpc) is 2.29. The van der Waals surface area contributed by atoms with Crippen LogP contribution in [0.4, 0.5) is 8.78 Å². The van der Waals surface area contributed by atoms with Gasteiger partial charge in [0.05, 0.1) is 6.61 Å². The number of hydrogen-bond donors (Lipinski definition) is 1. The third kappa shape index (κ3) is 3.67. The number of halogens is 2. The lowest BCUT2D eigenvalue weighted by atomic mass is 10.1. The maximum absolute atomic E-state index is 12.6. The van der Waals surface area contributed by atoms with Gasteiger partial charge in [-0.1, -0.05) is 0 Å². The fraction of sp³-hybridized carbons (Fsp3) is 0.875. The van der Waals surface area contributed by atoms with Crippen molar-refractivity contribution in [3.8, 4) is 0 Å². The van der Waals surface area contributed by atoms with Crippen molar-refractivity contribution < 1.29 is 23.4 Å². The molecule has 1 N–H and O–H groups in total. The molecule has 3 nitrogen and oxygen atoms in total. The Balaban J connectivity index is 2.14. The van der Waals surface area contributed by atoms with Crippen molar-refractivity contribution in [2.45, 2.75) is 25.2 Å². The van der Waals surface area contributed by atoms with Crippen molar-refractivity contribution in [2.75, 3.05) is 13.2 Å². The van der Waals surface area contributed by atoms with Gasteiger partial charge in [0.1, 0.15) is 6.61 Å². The van der Waals surface area contributed by atoms with Crippen LogP contribution in [0.5, 0.6) is 0 Å². The van der Waals surface area contributed by atoms with Crippen LogP contribution in [-0.2, 0) is 9.53 Å². The smallest absolute Gasteiger partial charge is 0.329 e. The summed E-state index contributed by atoms with van der Waals surface area (Å²) in [7, 11) is 0. The van der Waals surface area contributed by atoms with E-state index in [4.69, 9.17) is 9.84 Å². The Morgan fingerprint density at radius 1 is 1.62 bits per heavy atom. The summed E-state index contributed by atoms with van der Waals surface area (Å²) in [5, 5.41) is 8.22. The minimum absolute atomic E-state index is 0.103. The highest BCUT2D eigenvalue weighted by Gasteiger charge is 2.39. The molecule has 0 spiro atoms. The highest BCUT2D eigenvalue weighted by Crippen LogP contribution is 2.38. The molecule has 0 heterocycles. The SMILES string of the molecule is O=C(O)COCC1CCC(F)(F)C1. The van der Waals surface area contributed by atoms with E-state index in [9.17, 15) is 13.6 Å². The predicted molar refractivity (Wildman–Crippen MR) is 40.7 cm³/mol. The van der Waals surface area contributed by atoms with Gasteiger partial charge in [0.25, 0.3) is 0 Å². The van der Waals surface area contributed by atoms with Gasteiger partial charge in [-0.3, -0.25) is 0 Å². The van der Waals surface area contributed by atoms with Crippen molar-refractivity contribution in [1.82, 2.24) is 0 Å². The monoisotopic (exact) mass is 194 g/mol. The normalized spacial score (nSPS) is 26.2. The first-order chi connectivity index (χ1) is 5.99. The molecule has 0 radical (unpaired) electrons. The molecule has 5 heteroatoms. The van der Waals surface area contributed by atoms with Gasteiger partial charge in [-0.05, 0) is 12.3 Å². The highest BCUT2D eigenvalue weighted by atomic mass is 19.3. The van der Waals surface area contributed by atoms with Gasteiger partial charge >= 0.3 is 5.97 Å². The molecule has 0 saturated heterocycles. The summed E-state index contributed by atoms with van der Waals surface area (Å²) in [4.78, 5) is 10.0. The molecule has 0 aromatic heterocycles. The zero-order valence-corrected chi connectivity index (χ0v) is 7.13. The van der Waals surface area contributed by atoms with E-state index < -0.39 is 18.5 Å². The fourth-order valence-electron chi connectivity index (χ4n) is 1.50. The van der Waals surface area contributed by atoms with Crippen molar-refractivity contribution in [2.24, 2.45) is 5.92 Å². The average molecular weight is 194 g/mol. The van der Waals surface area contributed by atoms with Crippen LogP contribution >= 0.6 is 0 Å². The Kier molecular flexibility index (Phi) is 3.19. The molecule has 0 aromatic carbocycles. The van der Waals surface area contributed by atoms with E-state index >= 15 is 0 Å². The maximum Gasteiger partial charge on any atom is 0.329 e. The van der Waals surface area contributed by atoms with E-state index in [0.717, 1.165) is 0 Å². The molecule has 1 fully saturated rings. The van der Waals surface area contributed by atoms with Crippen LogP contribution in [0, 0.1) is 5.92 Å². The van der Waals surface area contributed by atoms with Gasteiger partial charge in [0.15, 0.2) is 0 Å². The first-order valence-electron chi connectivity index (χ1n) is 4.17. The molecule has 0 aromatic rings. The van der Waals surface area contributed by atoms with E-state index in [0.29, 0.717) is 6.42 Å². The lowest BCUT2D eigenvalue weighted by Crippen LogP contribution is -2.15. The number of ether oxygens (including phenoxy) is 1. The number of hydrogen-bond acceptors (Lipinski definition) is 2. The Morgan fingerprint density at radius 3 is 2.77 bits per heavy atom. The molecular formula is C8H12F2O3. The summed E-state index contributed by atoms with van der Waals surface area (Å²) in [5.41, 5.74) is 0. The number of alkyl halides is 2. The van der Waals surface area contributed by atoms with Gasteiger partial charge in [-0.15, -0.1) is 0 Å². The third-order valence-electron chi connectivity index (χ3n) is 2.08. The zero-order valence-electron chi connectivity index (χ0n) is 7.13. The van der Waals surface area contributed by atoms with E-state index in [2.05, 4.69) is 0 Å². The first-order valence-corrected chi connectivity index (χ1v) is 4.17. The summed E-state index contributed by atoms with van der Waals surface area (Å²) >= 11 is 0. The van der Waals surface area contributed by atoms with E-state index in [1.165, 1.54) is 0 Å². The molecule has 0 bridgehead atoms. The standard InChI is InChI=1S/C8H12F2O3/c9-8(10)2-1-6(3-8)4-13-5-7(11)12/h6H,1-5H2,(H,11,12). The second kappa shape index (κ2) is 4.00. The van der Waals surface area contributed by atoms with Crippen LogP contribution in [0.15, 0.2) is 0 Å². The van der Waals surface area contributed by atoms with Crippen molar-refractivity contribution >= 4 is 5.97 Å². The first kappa shape index (κ1) is 10.4. The lowest BCUT2D eigenvalue weighted by Gasteiger charge is -2.09. The predicted octanol–water partition coefficient (Wildman–Crippen LogP) is 1.52. The molecule has 1 aliphatic carbocycles. The summed E-state index contributed by atoms with van der Waals surface area (Å²) in [5.74, 6) is -3.82. The molecule has 1 atom stereocenters. The summed E-state index contributed by atoms with van der Waals surface area (Å²) in [6.45, 7) is -0.274. The van der Waals surface area contributed by atoms with Gasteiger partial charge < -0.3 is 9.84 Å². The van der Waals surface area contributed by atoms with Crippen LogP contribution in [0.3, 0.4) is 0 Å². The Labute approximate surface area is 74.7 Å². The van der Waals surface area contributed by atoms with Gasteiger partial charge in [0, 0.05) is 12.8 Å². The number of carbonyl (C=O) groups is 1. The summed E-state index contributed by atoms with van der Waals surface area (Å²) < 4.78 is 30.0. The largest absolute Gasteiger partial charge is 0.480 e. The number of carboxylic acids is 1. The minimum Gasteiger partial charge on any atom is -0.480 e. The molecule has 1 saturated carbocycles. The van der Waals surface area contributed by atoms with Crippen LogP contribution in [0.2, 0.25) is 0 Å². The van der Waals surface area contributed by atoms with Crippen molar-refractivity contribution in [1.29, 1.82) is 0 Å². The van der Waals surface area contributed by atoms with Crippen molar-refractivity contribution in [3.05, 3.63) is 0 Å². The van der Waals surface area contributed by atoms with Gasteiger partial charge in [-0.2, -0.15) is 0 Å². The van der Waals surface area contributed by atoms with Crippen LogP contribution < -0.4 is 0 Å². The maximum atomic E-state index is 12.6. The van der Waals surface area contributed by atoms with Gasteiger partial charge in [0.2, 0.25) is 5.92 Å². The quantitative estimate of drug-likeness (QED) is 0.738. The van der Waals surface area contributed by atoms with Crippen LogP contribution in [0.1, 0.15) is 19.3 Å². The summed E-state index contributed by atoms with van der Waals surface area (Å²) in [6, 6.07) is 0. The topological polar surface area (TPSA) is 46.5 Å². The number of aliphatic carboxylic acids is 1. The Morgan fingerprint density at radius 2 is 2.31 bits per heavy atom. The van der Waals surface area contributed by atoms with E-state index in [1.54, 1.807) is 0 Å². The van der Waals surface area contributed by atoms with Gasteiger partial charge in [-0.25, -0.2) is 13.6 Å². The zero-order chi connectivity index (χ0) is 9.90. The second-order valence-corrected chi connectivity index (χ2v) is 3.37. The molecule has 0 aliphatic heterocycles. The Bertz CT molecular complexity index is 194. The van der Waals surface area contributed by atoms with Crippen LogP contribution in [-0.4, -0.2) is 30.2 Å². The van der Waals surface area contributed by atoms with Crippen molar-refractivity contribution in [3.63, 3.8) is 0 Å². The molecule has 13 heavy (non-hydrogen) atoms. The lowest BCUT2D eigenvalue weighted by molar-refractivity contribution is -0.142. The minimum atomic E-state index is -2.57. The Hall–Kier alpha value is -0.710. The third-order valence-corrected chi connectivity index (χ3v) is 2.08. The molecule has 0 amide bonds. The molecule has 1 rings (SSSR count). The number of rotatable bonds is 4. The molecule has 1 unspecified atom stereocenters. The fourth-order valence-corrected chi connectivity index (χ4v) is 1.50. The molecule has 76 valence electrons. The molecular weight excluding hydrogens is 182 g/mol. The molecule has 1 aliphatic rings. The van der Waals surface area contributed by atoms with Crippen LogP contribution in [0.25, 0.3) is 0 Å². The van der Waals surface area contributed by atoms with E-state index in [-0.39, 0.29) is 25.4 Å². The number of carboxylic acid groups (broad SMARTS) is 1. The van der Waals surface area contributed by atoms with E-state index in [1.807, 2.05) is 0 Å².